The molecule has 0 fully saturated rings. The first-order valence-corrected chi connectivity index (χ1v) is 5.18. The highest BCUT2D eigenvalue weighted by Crippen LogP contribution is 2.18. The lowest BCUT2D eigenvalue weighted by atomic mass is 10.1. The Labute approximate surface area is 97.4 Å². The van der Waals surface area contributed by atoms with E-state index in [4.69, 9.17) is 10.8 Å². The van der Waals surface area contributed by atoms with E-state index in [-0.39, 0.29) is 17.9 Å². The third-order valence-electron chi connectivity index (χ3n) is 2.62. The van der Waals surface area contributed by atoms with Crippen LogP contribution < -0.4 is 5.73 Å². The molecule has 17 heavy (non-hydrogen) atoms. The second-order valence-electron chi connectivity index (χ2n) is 3.80. The number of aromatic carboxylic acids is 1. The van der Waals surface area contributed by atoms with E-state index in [9.17, 15) is 9.59 Å². The predicted molar refractivity (Wildman–Crippen MR) is 62.7 cm³/mol. The zero-order valence-corrected chi connectivity index (χ0v) is 9.09. The highest BCUT2D eigenvalue weighted by molar-refractivity contribution is 5.93. The molecule has 0 spiro atoms. The molecule has 0 aliphatic rings. The lowest BCUT2D eigenvalue weighted by Gasteiger charge is -2.04. The van der Waals surface area contributed by atoms with Crippen LogP contribution in [0.5, 0.6) is 0 Å². The Morgan fingerprint density at radius 3 is 2.71 bits per heavy atom. The van der Waals surface area contributed by atoms with E-state index in [2.05, 4.69) is 0 Å². The standard InChI is InChI=1S/C12H12N2O3/c13-11(15)4-6-14-5-3-8-1-2-9(12(16)17)7-10(8)14/h1-3,5,7H,4,6H2,(H2,13,15)(H,16,17). The smallest absolute Gasteiger partial charge is 0.335 e. The fourth-order valence-electron chi connectivity index (χ4n) is 1.74. The molecule has 88 valence electrons. The van der Waals surface area contributed by atoms with E-state index < -0.39 is 5.97 Å². The van der Waals surface area contributed by atoms with Gasteiger partial charge in [-0.05, 0) is 23.6 Å². The van der Waals surface area contributed by atoms with Crippen molar-refractivity contribution in [1.82, 2.24) is 4.57 Å². The molecule has 0 unspecified atom stereocenters. The van der Waals surface area contributed by atoms with Gasteiger partial charge in [-0.2, -0.15) is 0 Å². The van der Waals surface area contributed by atoms with Crippen molar-refractivity contribution in [2.75, 3.05) is 0 Å². The van der Waals surface area contributed by atoms with E-state index in [1.165, 1.54) is 0 Å². The van der Waals surface area contributed by atoms with E-state index in [0.29, 0.717) is 6.54 Å². The number of benzene rings is 1. The van der Waals surface area contributed by atoms with Crippen molar-refractivity contribution in [1.29, 1.82) is 0 Å². The maximum absolute atomic E-state index is 10.9. The minimum absolute atomic E-state index is 0.233. The lowest BCUT2D eigenvalue weighted by Crippen LogP contribution is -2.13. The zero-order chi connectivity index (χ0) is 12.4. The molecule has 5 nitrogen and oxygen atoms in total. The molecule has 0 radical (unpaired) electrons. The summed E-state index contributed by atoms with van der Waals surface area (Å²) in [5.74, 6) is -1.34. The third kappa shape index (κ3) is 2.28. The molecule has 2 aromatic rings. The fourth-order valence-corrected chi connectivity index (χ4v) is 1.74. The minimum atomic E-state index is -0.963. The summed E-state index contributed by atoms with van der Waals surface area (Å²) in [5.41, 5.74) is 6.12. The van der Waals surface area contributed by atoms with Gasteiger partial charge in [0.25, 0.3) is 0 Å². The number of amides is 1. The van der Waals surface area contributed by atoms with E-state index in [1.54, 1.807) is 18.2 Å². The van der Waals surface area contributed by atoms with E-state index in [0.717, 1.165) is 10.9 Å². The van der Waals surface area contributed by atoms with Crippen LogP contribution in [-0.2, 0) is 11.3 Å². The molecule has 1 heterocycles. The fraction of sp³-hybridized carbons (Fsp3) is 0.167. The molecule has 3 N–H and O–H groups in total. The number of carbonyl (C=O) groups excluding carboxylic acids is 1. The quantitative estimate of drug-likeness (QED) is 0.830. The molecule has 0 saturated carbocycles. The molecular weight excluding hydrogens is 220 g/mol. The van der Waals surface area contributed by atoms with E-state index in [1.807, 2.05) is 16.8 Å². The van der Waals surface area contributed by atoms with Gasteiger partial charge in [-0.15, -0.1) is 0 Å². The van der Waals surface area contributed by atoms with Crippen LogP contribution in [0, 0.1) is 0 Å². The number of rotatable bonds is 4. The van der Waals surface area contributed by atoms with Gasteiger partial charge >= 0.3 is 5.97 Å². The Kier molecular flexibility index (Phi) is 2.82. The van der Waals surface area contributed by atoms with Crippen LogP contribution in [0.3, 0.4) is 0 Å². The summed E-state index contributed by atoms with van der Waals surface area (Å²) in [5, 5.41) is 9.85. The van der Waals surface area contributed by atoms with Crippen molar-refractivity contribution < 1.29 is 14.7 Å². The molecule has 0 aliphatic carbocycles. The first-order valence-electron chi connectivity index (χ1n) is 5.18. The summed E-state index contributed by atoms with van der Waals surface area (Å²) in [6.45, 7) is 0.460. The monoisotopic (exact) mass is 232 g/mol. The third-order valence-corrected chi connectivity index (χ3v) is 2.62. The van der Waals surface area contributed by atoms with Crippen LogP contribution in [0.1, 0.15) is 16.8 Å². The summed E-state index contributed by atoms with van der Waals surface area (Å²) in [6, 6.07) is 6.78. The lowest BCUT2D eigenvalue weighted by molar-refractivity contribution is -0.118. The zero-order valence-electron chi connectivity index (χ0n) is 9.09. The molecule has 0 aliphatic heterocycles. The second-order valence-corrected chi connectivity index (χ2v) is 3.80. The first kappa shape index (κ1) is 11.2. The molecule has 0 saturated heterocycles. The van der Waals surface area contributed by atoms with Gasteiger partial charge < -0.3 is 15.4 Å². The van der Waals surface area contributed by atoms with Crippen LogP contribution in [0.25, 0.3) is 10.9 Å². The highest BCUT2D eigenvalue weighted by Gasteiger charge is 2.07. The number of primary amides is 1. The topological polar surface area (TPSA) is 85.3 Å². The number of fused-ring (bicyclic) bond motifs is 1. The van der Waals surface area contributed by atoms with Gasteiger partial charge in [0.15, 0.2) is 0 Å². The molecule has 1 aromatic carbocycles. The van der Waals surface area contributed by atoms with Gasteiger partial charge in [0.05, 0.1) is 5.56 Å². The number of carboxylic acids is 1. The summed E-state index contributed by atoms with van der Waals surface area (Å²) in [4.78, 5) is 21.6. The summed E-state index contributed by atoms with van der Waals surface area (Å²) in [7, 11) is 0. The predicted octanol–water partition coefficient (Wildman–Crippen LogP) is 1.21. The van der Waals surface area contributed by atoms with Gasteiger partial charge in [-0.25, -0.2) is 4.79 Å². The molecule has 1 amide bonds. The van der Waals surface area contributed by atoms with Gasteiger partial charge in [-0.3, -0.25) is 4.79 Å². The Balaban J connectivity index is 2.39. The number of hydrogen-bond donors (Lipinski definition) is 2. The number of aromatic nitrogens is 1. The Hall–Kier alpha value is -2.30. The van der Waals surface area contributed by atoms with Crippen molar-refractivity contribution >= 4 is 22.8 Å². The van der Waals surface area contributed by atoms with E-state index >= 15 is 0 Å². The highest BCUT2D eigenvalue weighted by atomic mass is 16.4. The van der Waals surface area contributed by atoms with Crippen LogP contribution in [-0.4, -0.2) is 21.6 Å². The minimum Gasteiger partial charge on any atom is -0.478 e. The molecule has 2 rings (SSSR count). The van der Waals surface area contributed by atoms with Crippen LogP contribution >= 0.6 is 0 Å². The van der Waals surface area contributed by atoms with Crippen LogP contribution in [0.15, 0.2) is 30.5 Å². The number of nitrogens with zero attached hydrogens (tertiary/aromatic N) is 1. The summed E-state index contributed by atoms with van der Waals surface area (Å²) >= 11 is 0. The Morgan fingerprint density at radius 2 is 2.06 bits per heavy atom. The average molecular weight is 232 g/mol. The van der Waals surface area contributed by atoms with Crippen molar-refractivity contribution in [3.63, 3.8) is 0 Å². The molecular formula is C12H12N2O3. The largest absolute Gasteiger partial charge is 0.478 e. The van der Waals surface area contributed by atoms with Crippen molar-refractivity contribution in [2.45, 2.75) is 13.0 Å². The molecule has 0 bridgehead atoms. The average Bonchev–Trinajstić information content (AvgIpc) is 2.68. The molecule has 1 aromatic heterocycles. The molecule has 0 atom stereocenters. The first-order chi connectivity index (χ1) is 8.08. The van der Waals surface area contributed by atoms with Crippen molar-refractivity contribution in [3.8, 4) is 0 Å². The van der Waals surface area contributed by atoms with Crippen LogP contribution in [0.4, 0.5) is 0 Å². The van der Waals surface area contributed by atoms with Gasteiger partial charge in [0.1, 0.15) is 0 Å². The Morgan fingerprint density at radius 1 is 1.29 bits per heavy atom. The second kappa shape index (κ2) is 4.29. The number of nitrogens with two attached hydrogens (primary N) is 1. The number of carboxylic acid groups (broad SMARTS) is 1. The van der Waals surface area contributed by atoms with Gasteiger partial charge in [-0.1, -0.05) is 6.07 Å². The molecule has 5 heteroatoms. The van der Waals surface area contributed by atoms with Gasteiger partial charge in [0.2, 0.25) is 5.91 Å². The van der Waals surface area contributed by atoms with Crippen molar-refractivity contribution in [3.05, 3.63) is 36.0 Å². The Bertz CT molecular complexity index is 586. The number of hydrogen-bond acceptors (Lipinski definition) is 2. The SMILES string of the molecule is NC(=O)CCn1ccc2ccc(C(=O)O)cc21. The number of aryl methyl sites for hydroxylation is 1. The maximum atomic E-state index is 10.9. The van der Waals surface area contributed by atoms with Gasteiger partial charge in [0, 0.05) is 24.7 Å². The number of carbonyl (C=O) groups is 2. The maximum Gasteiger partial charge on any atom is 0.335 e. The van der Waals surface area contributed by atoms with Crippen molar-refractivity contribution in [2.24, 2.45) is 5.73 Å². The summed E-state index contributed by atoms with van der Waals surface area (Å²) in [6.07, 6.45) is 2.06. The normalized spacial score (nSPS) is 10.6. The van der Waals surface area contributed by atoms with Crippen LogP contribution in [0.2, 0.25) is 0 Å². The summed E-state index contributed by atoms with van der Waals surface area (Å²) < 4.78 is 1.83.